The molecule has 4 heteroatoms. The fourth-order valence-electron chi connectivity index (χ4n) is 1.86. The van der Waals surface area contributed by atoms with E-state index >= 15 is 0 Å². The molecule has 98 valence electrons. The summed E-state index contributed by atoms with van der Waals surface area (Å²) in [4.78, 5) is 0. The van der Waals surface area contributed by atoms with Crippen molar-refractivity contribution in [1.29, 1.82) is 0 Å². The molecule has 1 aromatic carbocycles. The Morgan fingerprint density at radius 1 is 1.22 bits per heavy atom. The van der Waals surface area contributed by atoms with E-state index in [-0.39, 0.29) is 6.23 Å². The smallest absolute Gasteiger partial charge is 0.166 e. The Bertz CT molecular complexity index is 381. The third-order valence-corrected chi connectivity index (χ3v) is 2.76. The molecule has 0 amide bonds. The average molecular weight is 247 g/mol. The fourth-order valence-corrected chi connectivity index (χ4v) is 1.86. The van der Waals surface area contributed by atoms with Crippen LogP contribution in [0.15, 0.2) is 36.4 Å². The molecule has 0 aliphatic carbocycles. The molecule has 0 saturated heterocycles. The number of para-hydroxylation sites is 2. The van der Waals surface area contributed by atoms with Gasteiger partial charge in [-0.15, -0.1) is 5.12 Å². The summed E-state index contributed by atoms with van der Waals surface area (Å²) in [6, 6.07) is 8.11. The van der Waals surface area contributed by atoms with Crippen molar-refractivity contribution < 1.29 is 4.74 Å². The molecule has 0 radical (unpaired) electrons. The highest BCUT2D eigenvalue weighted by Crippen LogP contribution is 2.28. The van der Waals surface area contributed by atoms with Crippen LogP contribution < -0.4 is 10.9 Å². The number of fused-ring (bicyclic) bond motifs is 1. The van der Waals surface area contributed by atoms with Crippen molar-refractivity contribution in [2.75, 3.05) is 17.5 Å². The summed E-state index contributed by atoms with van der Waals surface area (Å²) in [7, 11) is 0. The number of unbranched alkanes of at least 4 members (excludes halogenated alkanes) is 1. The first kappa shape index (κ1) is 12.9. The van der Waals surface area contributed by atoms with E-state index in [9.17, 15) is 0 Å². The van der Waals surface area contributed by atoms with E-state index in [4.69, 9.17) is 4.74 Å². The fraction of sp³-hybridized carbons (Fsp3) is 0.429. The first-order valence-corrected chi connectivity index (χ1v) is 6.55. The van der Waals surface area contributed by atoms with Crippen LogP contribution in [0.2, 0.25) is 0 Å². The van der Waals surface area contributed by atoms with E-state index in [2.05, 4.69) is 29.9 Å². The van der Waals surface area contributed by atoms with Gasteiger partial charge in [0, 0.05) is 6.61 Å². The zero-order valence-corrected chi connectivity index (χ0v) is 11.0. The van der Waals surface area contributed by atoms with Crippen LogP contribution in [0, 0.1) is 0 Å². The normalized spacial score (nSPS) is 16.3. The lowest BCUT2D eigenvalue weighted by Crippen LogP contribution is -2.40. The lowest BCUT2D eigenvalue weighted by molar-refractivity contribution is 0.00611. The Labute approximate surface area is 109 Å². The number of nitrogens with one attached hydrogen (secondary N) is 2. The topological polar surface area (TPSA) is 36.5 Å². The van der Waals surface area contributed by atoms with E-state index < -0.39 is 0 Å². The Morgan fingerprint density at radius 3 is 2.44 bits per heavy atom. The second-order valence-corrected chi connectivity index (χ2v) is 4.20. The van der Waals surface area contributed by atoms with Gasteiger partial charge in [0.25, 0.3) is 0 Å². The van der Waals surface area contributed by atoms with Crippen LogP contribution in [-0.4, -0.2) is 18.0 Å². The van der Waals surface area contributed by atoms with Gasteiger partial charge in [-0.1, -0.05) is 31.6 Å². The van der Waals surface area contributed by atoms with Crippen molar-refractivity contribution in [1.82, 2.24) is 5.12 Å². The maximum absolute atomic E-state index is 5.72. The zero-order chi connectivity index (χ0) is 12.8. The summed E-state index contributed by atoms with van der Waals surface area (Å²) < 4.78 is 5.72. The molecule has 0 aromatic heterocycles. The number of hydrogen-bond acceptors (Lipinski definition) is 4. The number of anilines is 2. The average Bonchev–Trinajstić information content (AvgIpc) is 2.81. The second-order valence-electron chi connectivity index (χ2n) is 4.20. The van der Waals surface area contributed by atoms with Crippen LogP contribution in [-0.2, 0) is 4.74 Å². The molecule has 2 rings (SSSR count). The van der Waals surface area contributed by atoms with Crippen molar-refractivity contribution in [2.45, 2.75) is 32.9 Å². The molecule has 0 fully saturated rings. The Hall–Kier alpha value is -1.52. The van der Waals surface area contributed by atoms with Gasteiger partial charge in [-0.2, -0.15) is 0 Å². The number of benzene rings is 1. The minimum absolute atomic E-state index is 0.103. The molecule has 1 aliphatic rings. The van der Waals surface area contributed by atoms with Crippen LogP contribution in [0.25, 0.3) is 0 Å². The lowest BCUT2D eigenvalue weighted by atomic mass is 10.3. The zero-order valence-electron chi connectivity index (χ0n) is 11.0. The van der Waals surface area contributed by atoms with Crippen molar-refractivity contribution in [3.05, 3.63) is 36.4 Å². The van der Waals surface area contributed by atoms with E-state index in [1.54, 1.807) is 0 Å². The molecule has 0 saturated carbocycles. The van der Waals surface area contributed by atoms with Gasteiger partial charge in [0.05, 0.1) is 11.4 Å². The molecule has 4 nitrogen and oxygen atoms in total. The quantitative estimate of drug-likeness (QED) is 0.756. The van der Waals surface area contributed by atoms with E-state index in [0.29, 0.717) is 6.61 Å². The lowest BCUT2D eigenvalue weighted by Gasteiger charge is -2.24. The van der Waals surface area contributed by atoms with Crippen LogP contribution >= 0.6 is 0 Å². The molecule has 0 spiro atoms. The third-order valence-electron chi connectivity index (χ3n) is 2.76. The van der Waals surface area contributed by atoms with E-state index in [0.717, 1.165) is 24.2 Å². The third kappa shape index (κ3) is 3.03. The van der Waals surface area contributed by atoms with Crippen molar-refractivity contribution >= 4 is 11.4 Å². The highest BCUT2D eigenvalue weighted by atomic mass is 16.5. The Balaban J connectivity index is 2.01. The second kappa shape index (κ2) is 6.42. The highest BCUT2D eigenvalue weighted by molar-refractivity contribution is 5.71. The summed E-state index contributed by atoms with van der Waals surface area (Å²) in [5.41, 5.74) is 8.73. The largest absolute Gasteiger partial charge is 0.356 e. The summed E-state index contributed by atoms with van der Waals surface area (Å²) in [5, 5.41) is 1.89. The van der Waals surface area contributed by atoms with Crippen LogP contribution in [0.3, 0.4) is 0 Å². The van der Waals surface area contributed by atoms with Crippen molar-refractivity contribution in [3.63, 3.8) is 0 Å². The van der Waals surface area contributed by atoms with E-state index in [1.807, 2.05) is 36.3 Å². The number of hydrazine groups is 2. The predicted octanol–water partition coefficient (Wildman–Crippen LogP) is 3.37. The number of nitrogens with zero attached hydrogens (tertiary/aromatic N) is 1. The van der Waals surface area contributed by atoms with Gasteiger partial charge in [0.1, 0.15) is 0 Å². The number of ether oxygens (including phenoxy) is 1. The monoisotopic (exact) mass is 247 g/mol. The molecule has 1 aromatic rings. The van der Waals surface area contributed by atoms with E-state index in [1.165, 1.54) is 0 Å². The molecule has 18 heavy (non-hydrogen) atoms. The van der Waals surface area contributed by atoms with Gasteiger partial charge in [-0.05, 0) is 31.6 Å². The number of rotatable bonds is 6. The predicted molar refractivity (Wildman–Crippen MR) is 75.0 cm³/mol. The molecular formula is C14H21N3O. The van der Waals surface area contributed by atoms with Crippen LogP contribution in [0.1, 0.15) is 26.7 Å². The molecule has 2 N–H and O–H groups in total. The molecule has 1 aliphatic heterocycles. The summed E-state index contributed by atoms with van der Waals surface area (Å²) in [5.74, 6) is 0. The van der Waals surface area contributed by atoms with Gasteiger partial charge in [-0.25, -0.2) is 0 Å². The summed E-state index contributed by atoms with van der Waals surface area (Å²) in [6.45, 7) is 4.85. The molecule has 1 unspecified atom stereocenters. The standard InChI is InChI=1S/C14H21N3O/c1-3-5-6-11-14(18-4-2)17-15-12-9-7-8-10-13(12)16-17/h6-11,14-16H,3-5H2,1-2H3/b11-6+. The molecule has 0 bridgehead atoms. The summed E-state index contributed by atoms with van der Waals surface area (Å²) in [6.07, 6.45) is 6.36. The highest BCUT2D eigenvalue weighted by Gasteiger charge is 2.23. The molecular weight excluding hydrogens is 226 g/mol. The van der Waals surface area contributed by atoms with Gasteiger partial charge in [0.15, 0.2) is 6.23 Å². The van der Waals surface area contributed by atoms with Crippen molar-refractivity contribution in [2.24, 2.45) is 0 Å². The number of hydrogen-bond donors (Lipinski definition) is 2. The van der Waals surface area contributed by atoms with Crippen LogP contribution in [0.5, 0.6) is 0 Å². The molecule has 1 heterocycles. The first-order valence-electron chi connectivity index (χ1n) is 6.55. The summed E-state index contributed by atoms with van der Waals surface area (Å²) >= 11 is 0. The van der Waals surface area contributed by atoms with Gasteiger partial charge in [-0.3, -0.25) is 10.9 Å². The molecule has 1 atom stereocenters. The Morgan fingerprint density at radius 2 is 1.89 bits per heavy atom. The minimum Gasteiger partial charge on any atom is -0.356 e. The maximum atomic E-state index is 5.72. The Kier molecular flexibility index (Phi) is 4.61. The first-order chi connectivity index (χ1) is 8.85. The number of allylic oxidation sites excluding steroid dienone is 1. The van der Waals surface area contributed by atoms with Gasteiger partial charge < -0.3 is 4.74 Å². The SMILES string of the molecule is CCC/C=C/C(OCC)N1Nc2ccccc2N1. The maximum Gasteiger partial charge on any atom is 0.166 e. The van der Waals surface area contributed by atoms with Crippen LogP contribution in [0.4, 0.5) is 11.4 Å². The van der Waals surface area contributed by atoms with Gasteiger partial charge in [0.2, 0.25) is 0 Å². The van der Waals surface area contributed by atoms with Crippen molar-refractivity contribution in [3.8, 4) is 0 Å². The minimum atomic E-state index is -0.103. The van der Waals surface area contributed by atoms with Gasteiger partial charge >= 0.3 is 0 Å².